The van der Waals surface area contributed by atoms with E-state index in [0.29, 0.717) is 24.3 Å². The first-order valence-electron chi connectivity index (χ1n) is 5.16. The summed E-state index contributed by atoms with van der Waals surface area (Å²) < 4.78 is 4.90. The number of carbonyl (C=O) groups is 2. The molecule has 4 nitrogen and oxygen atoms in total. The van der Waals surface area contributed by atoms with E-state index in [1.165, 1.54) is 6.92 Å². The summed E-state index contributed by atoms with van der Waals surface area (Å²) in [6, 6.07) is 1.67. The van der Waals surface area contributed by atoms with Crippen LogP contribution in [0.1, 0.15) is 35.5 Å². The highest BCUT2D eigenvalue weighted by Crippen LogP contribution is 2.10. The molecule has 1 rings (SSSR count). The van der Waals surface area contributed by atoms with Gasteiger partial charge in [-0.3, -0.25) is 9.78 Å². The van der Waals surface area contributed by atoms with E-state index in [-0.39, 0.29) is 5.78 Å². The van der Waals surface area contributed by atoms with E-state index in [9.17, 15) is 9.59 Å². The predicted molar refractivity (Wildman–Crippen MR) is 59.3 cm³/mol. The second kappa shape index (κ2) is 5.39. The second-order valence-electron chi connectivity index (χ2n) is 3.58. The first-order chi connectivity index (χ1) is 7.54. The fraction of sp³-hybridized carbons (Fsp3) is 0.417. The molecule has 1 heterocycles. The Morgan fingerprint density at radius 3 is 2.69 bits per heavy atom. The Labute approximate surface area is 94.6 Å². The molecule has 0 bridgehead atoms. The van der Waals surface area contributed by atoms with Crippen LogP contribution in [0.5, 0.6) is 0 Å². The Balaban J connectivity index is 2.98. The van der Waals surface area contributed by atoms with Gasteiger partial charge in [-0.1, -0.05) is 0 Å². The molecule has 0 fully saturated rings. The van der Waals surface area contributed by atoms with Crippen LogP contribution in [-0.2, 0) is 16.0 Å². The highest BCUT2D eigenvalue weighted by molar-refractivity contribution is 5.91. The third kappa shape index (κ3) is 3.15. The summed E-state index contributed by atoms with van der Waals surface area (Å²) in [4.78, 5) is 26.6. The van der Waals surface area contributed by atoms with Crippen LogP contribution in [0.25, 0.3) is 0 Å². The van der Waals surface area contributed by atoms with E-state index in [1.807, 2.05) is 0 Å². The maximum atomic E-state index is 11.6. The van der Waals surface area contributed by atoms with E-state index in [2.05, 4.69) is 4.98 Å². The van der Waals surface area contributed by atoms with Gasteiger partial charge in [-0.25, -0.2) is 4.79 Å². The zero-order chi connectivity index (χ0) is 12.1. The number of hydrogen-bond acceptors (Lipinski definition) is 4. The largest absolute Gasteiger partial charge is 0.462 e. The Bertz CT molecular complexity index is 413. The summed E-state index contributed by atoms with van der Waals surface area (Å²) >= 11 is 0. The minimum absolute atomic E-state index is 0.0421. The Kier molecular flexibility index (Phi) is 4.17. The lowest BCUT2D eigenvalue weighted by atomic mass is 10.1. The third-order valence-corrected chi connectivity index (χ3v) is 2.09. The molecule has 4 heteroatoms. The number of aromatic nitrogens is 1. The van der Waals surface area contributed by atoms with Gasteiger partial charge in [-0.15, -0.1) is 0 Å². The van der Waals surface area contributed by atoms with E-state index in [0.717, 1.165) is 5.56 Å². The minimum atomic E-state index is -0.391. The number of esters is 1. The summed E-state index contributed by atoms with van der Waals surface area (Å²) in [6.45, 7) is 5.32. The van der Waals surface area contributed by atoms with Gasteiger partial charge in [-0.05, 0) is 32.4 Å². The van der Waals surface area contributed by atoms with Gasteiger partial charge >= 0.3 is 5.97 Å². The minimum Gasteiger partial charge on any atom is -0.462 e. The molecule has 0 radical (unpaired) electrons. The van der Waals surface area contributed by atoms with Crippen LogP contribution in [0.2, 0.25) is 0 Å². The van der Waals surface area contributed by atoms with Gasteiger partial charge < -0.3 is 4.74 Å². The first kappa shape index (κ1) is 12.4. The predicted octanol–water partition coefficient (Wildman–Crippen LogP) is 1.70. The number of aryl methyl sites for hydroxylation is 1. The van der Waals surface area contributed by atoms with Crippen molar-refractivity contribution in [3.8, 4) is 0 Å². The fourth-order valence-electron chi connectivity index (χ4n) is 1.38. The van der Waals surface area contributed by atoms with Gasteiger partial charge in [-0.2, -0.15) is 0 Å². The van der Waals surface area contributed by atoms with Crippen LogP contribution in [0, 0.1) is 6.92 Å². The standard InChI is InChI=1S/C12H15NO3/c1-4-16-12(15)11-6-10(5-8(2)14)7-13-9(11)3/h6-7H,4-5H2,1-3H3. The number of ketones is 1. The van der Waals surface area contributed by atoms with E-state index < -0.39 is 5.97 Å². The summed E-state index contributed by atoms with van der Waals surface area (Å²) in [5.41, 5.74) is 1.78. The normalized spacial score (nSPS) is 9.94. The molecule has 0 atom stereocenters. The molecule has 1 aromatic rings. The smallest absolute Gasteiger partial charge is 0.339 e. The fourth-order valence-corrected chi connectivity index (χ4v) is 1.38. The van der Waals surface area contributed by atoms with E-state index >= 15 is 0 Å². The summed E-state index contributed by atoms with van der Waals surface area (Å²) in [5, 5.41) is 0. The molecule has 0 saturated heterocycles. The number of rotatable bonds is 4. The van der Waals surface area contributed by atoms with E-state index in [1.54, 1.807) is 26.1 Å². The average Bonchev–Trinajstić information content (AvgIpc) is 2.20. The van der Waals surface area contributed by atoms with Crippen LogP contribution < -0.4 is 0 Å². The Hall–Kier alpha value is -1.71. The van der Waals surface area contributed by atoms with Crippen molar-refractivity contribution in [2.24, 2.45) is 0 Å². The SMILES string of the molecule is CCOC(=O)c1cc(CC(C)=O)cnc1C. The number of pyridine rings is 1. The summed E-state index contributed by atoms with van der Waals surface area (Å²) in [5.74, 6) is -0.349. The maximum absolute atomic E-state index is 11.6. The van der Waals surface area contributed by atoms with Gasteiger partial charge in [0, 0.05) is 12.6 Å². The molecule has 0 aliphatic rings. The molecule has 0 aromatic carbocycles. The van der Waals surface area contributed by atoms with Crippen LogP contribution in [0.3, 0.4) is 0 Å². The summed E-state index contributed by atoms with van der Waals surface area (Å²) in [6.07, 6.45) is 1.90. The maximum Gasteiger partial charge on any atom is 0.339 e. The molecule has 0 spiro atoms. The molecule has 0 amide bonds. The topological polar surface area (TPSA) is 56.3 Å². The molecule has 0 saturated carbocycles. The highest BCUT2D eigenvalue weighted by atomic mass is 16.5. The zero-order valence-corrected chi connectivity index (χ0v) is 9.74. The van der Waals surface area contributed by atoms with Crippen LogP contribution in [0.4, 0.5) is 0 Å². The lowest BCUT2D eigenvalue weighted by molar-refractivity contribution is -0.116. The van der Waals surface area contributed by atoms with Gasteiger partial charge in [0.1, 0.15) is 5.78 Å². The number of ether oxygens (including phenoxy) is 1. The second-order valence-corrected chi connectivity index (χ2v) is 3.58. The molecule has 0 aliphatic heterocycles. The quantitative estimate of drug-likeness (QED) is 0.726. The van der Waals surface area contributed by atoms with Gasteiger partial charge in [0.15, 0.2) is 0 Å². The molecular formula is C12H15NO3. The molecule has 86 valence electrons. The van der Waals surface area contributed by atoms with Crippen molar-refractivity contribution in [1.29, 1.82) is 0 Å². The zero-order valence-electron chi connectivity index (χ0n) is 9.74. The molecule has 0 N–H and O–H groups in total. The molecule has 0 aliphatic carbocycles. The highest BCUT2D eigenvalue weighted by Gasteiger charge is 2.12. The molecule has 16 heavy (non-hydrogen) atoms. The molecule has 0 unspecified atom stereocenters. The third-order valence-electron chi connectivity index (χ3n) is 2.09. The number of Topliss-reactive ketones (excluding diaryl/α,β-unsaturated/α-hetero) is 1. The monoisotopic (exact) mass is 221 g/mol. The van der Waals surface area contributed by atoms with Crippen LogP contribution in [-0.4, -0.2) is 23.3 Å². The van der Waals surface area contributed by atoms with Crippen molar-refractivity contribution < 1.29 is 14.3 Å². The van der Waals surface area contributed by atoms with Crippen LogP contribution >= 0.6 is 0 Å². The van der Waals surface area contributed by atoms with Crippen molar-refractivity contribution in [3.05, 3.63) is 29.1 Å². The van der Waals surface area contributed by atoms with Gasteiger partial charge in [0.2, 0.25) is 0 Å². The molecular weight excluding hydrogens is 206 g/mol. The lowest BCUT2D eigenvalue weighted by Crippen LogP contribution is -2.09. The lowest BCUT2D eigenvalue weighted by Gasteiger charge is -2.06. The van der Waals surface area contributed by atoms with Crippen molar-refractivity contribution in [2.75, 3.05) is 6.61 Å². The number of nitrogens with zero attached hydrogens (tertiary/aromatic N) is 1. The van der Waals surface area contributed by atoms with Crippen molar-refractivity contribution in [2.45, 2.75) is 27.2 Å². The number of hydrogen-bond donors (Lipinski definition) is 0. The van der Waals surface area contributed by atoms with Crippen molar-refractivity contribution >= 4 is 11.8 Å². The van der Waals surface area contributed by atoms with E-state index in [4.69, 9.17) is 4.74 Å². The Morgan fingerprint density at radius 2 is 2.12 bits per heavy atom. The first-order valence-corrected chi connectivity index (χ1v) is 5.16. The van der Waals surface area contributed by atoms with Gasteiger partial charge in [0.05, 0.1) is 17.9 Å². The average molecular weight is 221 g/mol. The summed E-state index contributed by atoms with van der Waals surface area (Å²) in [7, 11) is 0. The van der Waals surface area contributed by atoms with Gasteiger partial charge in [0.25, 0.3) is 0 Å². The van der Waals surface area contributed by atoms with Crippen molar-refractivity contribution in [3.63, 3.8) is 0 Å². The number of carbonyl (C=O) groups excluding carboxylic acids is 2. The van der Waals surface area contributed by atoms with Crippen LogP contribution in [0.15, 0.2) is 12.3 Å². The Morgan fingerprint density at radius 1 is 1.44 bits per heavy atom. The molecule has 1 aromatic heterocycles. The van der Waals surface area contributed by atoms with Crippen molar-refractivity contribution in [1.82, 2.24) is 4.98 Å².